The largest absolute Gasteiger partial charge is 0.0943 e. The first-order valence-corrected chi connectivity index (χ1v) is 8.80. The van der Waals surface area contributed by atoms with Gasteiger partial charge in [-0.1, -0.05) is 94.1 Å². The van der Waals surface area contributed by atoms with Crippen molar-refractivity contribution in [1.82, 2.24) is 0 Å². The summed E-state index contributed by atoms with van der Waals surface area (Å²) >= 11 is 0. The molecule has 0 heteroatoms. The molecule has 0 N–H and O–H groups in total. The Labute approximate surface area is 146 Å². The van der Waals surface area contributed by atoms with Crippen molar-refractivity contribution in [1.29, 1.82) is 0 Å². The highest BCUT2D eigenvalue weighted by molar-refractivity contribution is 5.89. The van der Waals surface area contributed by atoms with Gasteiger partial charge >= 0.3 is 0 Å². The van der Waals surface area contributed by atoms with Gasteiger partial charge < -0.3 is 0 Å². The lowest BCUT2D eigenvalue weighted by atomic mass is 9.83. The van der Waals surface area contributed by atoms with Crippen LogP contribution in [0.15, 0.2) is 90.1 Å². The van der Waals surface area contributed by atoms with E-state index in [9.17, 15) is 0 Å². The van der Waals surface area contributed by atoms with Gasteiger partial charge in [-0.2, -0.15) is 0 Å². The summed E-state index contributed by atoms with van der Waals surface area (Å²) in [6.45, 7) is 11.2. The van der Waals surface area contributed by atoms with Gasteiger partial charge in [0, 0.05) is 5.41 Å². The molecule has 122 valence electrons. The quantitative estimate of drug-likeness (QED) is 0.582. The number of rotatable bonds is 3. The number of allylic oxidation sites excluding steroid dienone is 11. The van der Waals surface area contributed by atoms with Gasteiger partial charge in [0.05, 0.1) is 0 Å². The van der Waals surface area contributed by atoms with Crippen LogP contribution in [-0.4, -0.2) is 0 Å². The lowest BCUT2D eigenvalue weighted by Crippen LogP contribution is -2.13. The van der Waals surface area contributed by atoms with Crippen LogP contribution in [0.5, 0.6) is 0 Å². The molecule has 3 rings (SSSR count). The smallest absolute Gasteiger partial charge is 0.0152 e. The van der Waals surface area contributed by atoms with E-state index in [0.29, 0.717) is 0 Å². The van der Waals surface area contributed by atoms with E-state index in [0.717, 1.165) is 12.8 Å². The van der Waals surface area contributed by atoms with E-state index in [1.165, 1.54) is 33.4 Å². The first kappa shape index (κ1) is 16.5. The van der Waals surface area contributed by atoms with E-state index in [4.69, 9.17) is 0 Å². The Hall–Kier alpha value is -2.34. The molecule has 0 spiro atoms. The summed E-state index contributed by atoms with van der Waals surface area (Å²) in [5.41, 5.74) is 7.90. The Morgan fingerprint density at radius 2 is 2.00 bits per heavy atom. The maximum absolute atomic E-state index is 4.40. The van der Waals surface area contributed by atoms with Gasteiger partial charge in [0.15, 0.2) is 0 Å². The zero-order valence-corrected chi connectivity index (χ0v) is 15.0. The van der Waals surface area contributed by atoms with Crippen LogP contribution in [0, 0.1) is 0 Å². The second kappa shape index (κ2) is 6.65. The summed E-state index contributed by atoms with van der Waals surface area (Å²) in [6.07, 6.45) is 17.5. The second-order valence-electron chi connectivity index (χ2n) is 6.96. The molecule has 0 amide bonds. The zero-order chi connectivity index (χ0) is 17.2. The molecule has 2 aliphatic rings. The van der Waals surface area contributed by atoms with Crippen molar-refractivity contribution >= 4 is 5.57 Å². The molecule has 0 saturated heterocycles. The van der Waals surface area contributed by atoms with Crippen LogP contribution in [0.4, 0.5) is 0 Å². The molecule has 0 atom stereocenters. The standard InChI is InChI=1S/C24H26/c1-5-19(20-12-8-6-7-9-13-20)16-17-21-18(2)24(3,4)23-15-11-10-14-22(21)23/h6-8,10-17H,2,5,9H2,1,3-4H3/b19-16+,21-17+. The van der Waals surface area contributed by atoms with Crippen LogP contribution < -0.4 is 0 Å². The van der Waals surface area contributed by atoms with Crippen molar-refractivity contribution in [2.75, 3.05) is 0 Å². The number of hydrogen-bond acceptors (Lipinski definition) is 0. The average molecular weight is 314 g/mol. The van der Waals surface area contributed by atoms with Crippen molar-refractivity contribution < 1.29 is 0 Å². The molecule has 0 bridgehead atoms. The van der Waals surface area contributed by atoms with Crippen LogP contribution in [0.2, 0.25) is 0 Å². The normalized spacial score (nSPS) is 21.0. The first-order valence-electron chi connectivity index (χ1n) is 8.80. The van der Waals surface area contributed by atoms with Crippen LogP contribution in [0.25, 0.3) is 5.57 Å². The van der Waals surface area contributed by atoms with Crippen molar-refractivity contribution in [3.8, 4) is 0 Å². The van der Waals surface area contributed by atoms with Gasteiger partial charge in [-0.3, -0.25) is 0 Å². The van der Waals surface area contributed by atoms with Crippen molar-refractivity contribution in [2.24, 2.45) is 0 Å². The van der Waals surface area contributed by atoms with Crippen LogP contribution in [0.3, 0.4) is 0 Å². The third-order valence-electron chi connectivity index (χ3n) is 5.17. The van der Waals surface area contributed by atoms with E-state index in [-0.39, 0.29) is 5.41 Å². The van der Waals surface area contributed by atoms with E-state index < -0.39 is 0 Å². The Morgan fingerprint density at radius 3 is 2.79 bits per heavy atom. The number of hydrogen-bond donors (Lipinski definition) is 0. The van der Waals surface area contributed by atoms with Gasteiger partial charge in [0.25, 0.3) is 0 Å². The Balaban J connectivity index is 2.02. The molecule has 0 unspecified atom stereocenters. The number of benzene rings is 1. The van der Waals surface area contributed by atoms with Gasteiger partial charge in [-0.05, 0) is 46.3 Å². The highest BCUT2D eigenvalue weighted by Crippen LogP contribution is 2.48. The summed E-state index contributed by atoms with van der Waals surface area (Å²) in [5.74, 6) is 0. The molecule has 0 fully saturated rings. The Morgan fingerprint density at radius 1 is 1.21 bits per heavy atom. The van der Waals surface area contributed by atoms with Gasteiger partial charge in [-0.25, -0.2) is 0 Å². The molecule has 2 aliphatic carbocycles. The lowest BCUT2D eigenvalue weighted by molar-refractivity contribution is 0.663. The minimum atomic E-state index is 0.00799. The summed E-state index contributed by atoms with van der Waals surface area (Å²) in [4.78, 5) is 0. The molecular weight excluding hydrogens is 288 g/mol. The molecular formula is C24H26. The van der Waals surface area contributed by atoms with Gasteiger partial charge in [0.1, 0.15) is 0 Å². The van der Waals surface area contributed by atoms with Crippen molar-refractivity contribution in [3.63, 3.8) is 0 Å². The van der Waals surface area contributed by atoms with E-state index >= 15 is 0 Å². The molecule has 0 heterocycles. The van der Waals surface area contributed by atoms with E-state index in [1.807, 2.05) is 0 Å². The van der Waals surface area contributed by atoms with Crippen molar-refractivity contribution in [2.45, 2.75) is 39.0 Å². The summed E-state index contributed by atoms with van der Waals surface area (Å²) in [7, 11) is 0. The summed E-state index contributed by atoms with van der Waals surface area (Å²) in [6, 6.07) is 8.69. The molecule has 0 nitrogen and oxygen atoms in total. The second-order valence-corrected chi connectivity index (χ2v) is 6.96. The number of fused-ring (bicyclic) bond motifs is 1. The maximum atomic E-state index is 4.40. The van der Waals surface area contributed by atoms with Gasteiger partial charge in [-0.15, -0.1) is 0 Å². The maximum Gasteiger partial charge on any atom is 0.0152 e. The fourth-order valence-corrected chi connectivity index (χ4v) is 3.53. The minimum Gasteiger partial charge on any atom is -0.0943 e. The third kappa shape index (κ3) is 2.89. The molecule has 0 radical (unpaired) electrons. The summed E-state index contributed by atoms with van der Waals surface area (Å²) < 4.78 is 0. The predicted octanol–water partition coefficient (Wildman–Crippen LogP) is 6.70. The highest BCUT2D eigenvalue weighted by atomic mass is 14.4. The SMILES string of the molecule is C=C1/C(=C\C=C(/CC)C2=CCC=CC=C2)c2ccccc2C1(C)C. The zero-order valence-electron chi connectivity index (χ0n) is 15.0. The van der Waals surface area contributed by atoms with Gasteiger partial charge in [0.2, 0.25) is 0 Å². The fourth-order valence-electron chi connectivity index (χ4n) is 3.53. The van der Waals surface area contributed by atoms with Crippen LogP contribution in [-0.2, 0) is 5.41 Å². The summed E-state index contributed by atoms with van der Waals surface area (Å²) in [5, 5.41) is 0. The Bertz CT molecular complexity index is 804. The molecule has 0 saturated carbocycles. The molecule has 24 heavy (non-hydrogen) atoms. The monoisotopic (exact) mass is 314 g/mol. The first-order chi connectivity index (χ1) is 11.6. The third-order valence-corrected chi connectivity index (χ3v) is 5.17. The van der Waals surface area contributed by atoms with Crippen LogP contribution >= 0.6 is 0 Å². The Kier molecular flexibility index (Phi) is 4.57. The molecule has 1 aromatic carbocycles. The highest BCUT2D eigenvalue weighted by Gasteiger charge is 2.36. The average Bonchev–Trinajstić information content (AvgIpc) is 2.79. The molecule has 0 aromatic heterocycles. The minimum absolute atomic E-state index is 0.00799. The lowest BCUT2D eigenvalue weighted by Gasteiger charge is -2.20. The molecule has 1 aromatic rings. The van der Waals surface area contributed by atoms with Crippen LogP contribution in [0.1, 0.15) is 44.7 Å². The fraction of sp³-hybridized carbons (Fsp3) is 0.250. The van der Waals surface area contributed by atoms with Crippen molar-refractivity contribution in [3.05, 3.63) is 101 Å². The topological polar surface area (TPSA) is 0 Å². The molecule has 0 aliphatic heterocycles. The van der Waals surface area contributed by atoms with E-state index in [1.54, 1.807) is 0 Å². The predicted molar refractivity (Wildman–Crippen MR) is 106 cm³/mol. The van der Waals surface area contributed by atoms with E-state index in [2.05, 4.69) is 94.1 Å².